The van der Waals surface area contributed by atoms with E-state index in [2.05, 4.69) is 6.92 Å². The van der Waals surface area contributed by atoms with E-state index in [4.69, 9.17) is 5.73 Å². The second-order valence-electron chi connectivity index (χ2n) is 7.89. The highest BCUT2D eigenvalue weighted by Gasteiger charge is 2.53. The van der Waals surface area contributed by atoms with Crippen molar-refractivity contribution in [1.82, 2.24) is 0 Å². The lowest BCUT2D eigenvalue weighted by Gasteiger charge is -2.53. The third-order valence-electron chi connectivity index (χ3n) is 6.66. The van der Waals surface area contributed by atoms with Crippen LogP contribution in [-0.2, 0) is 0 Å². The molecule has 2 atom stereocenters. The van der Waals surface area contributed by atoms with Crippen molar-refractivity contribution in [2.24, 2.45) is 28.9 Å². The number of aliphatic hydroxyl groups is 1. The van der Waals surface area contributed by atoms with E-state index in [1.807, 2.05) is 0 Å². The number of nitrogens with two attached hydrogens (primary N) is 1. The third kappa shape index (κ3) is 2.47. The summed E-state index contributed by atoms with van der Waals surface area (Å²) >= 11 is 0. The Bertz CT molecular complexity index is 317. The van der Waals surface area contributed by atoms with Crippen molar-refractivity contribution in [3.8, 4) is 0 Å². The van der Waals surface area contributed by atoms with E-state index >= 15 is 0 Å². The van der Waals surface area contributed by atoms with Gasteiger partial charge in [-0.3, -0.25) is 0 Å². The van der Waals surface area contributed by atoms with Gasteiger partial charge < -0.3 is 10.8 Å². The summed E-state index contributed by atoms with van der Waals surface area (Å²) in [5, 5.41) is 11.4. The van der Waals surface area contributed by atoms with Crippen LogP contribution in [0.25, 0.3) is 0 Å². The topological polar surface area (TPSA) is 46.2 Å². The lowest BCUT2D eigenvalue weighted by atomic mass is 9.56. The highest BCUT2D eigenvalue weighted by molar-refractivity contribution is 5.05. The largest absolute Gasteiger partial charge is 0.389 e. The van der Waals surface area contributed by atoms with Crippen LogP contribution in [0.2, 0.25) is 0 Å². The number of hydrogen-bond donors (Lipinski definition) is 2. The standard InChI is InChI=1S/C17H31NO/c1-13-6-9-16(12-18,10-7-13)17(19)8-2-3-15(11-17)14-4-5-14/h13-15,19H,2-12,18H2,1H3. The van der Waals surface area contributed by atoms with E-state index in [9.17, 15) is 5.11 Å². The van der Waals surface area contributed by atoms with E-state index in [0.29, 0.717) is 6.54 Å². The second kappa shape index (κ2) is 5.04. The Hall–Kier alpha value is -0.0800. The van der Waals surface area contributed by atoms with Crippen LogP contribution in [0.5, 0.6) is 0 Å². The van der Waals surface area contributed by atoms with Crippen molar-refractivity contribution in [2.75, 3.05) is 6.54 Å². The van der Waals surface area contributed by atoms with Gasteiger partial charge in [-0.2, -0.15) is 0 Å². The molecule has 0 saturated heterocycles. The van der Waals surface area contributed by atoms with E-state index in [-0.39, 0.29) is 5.41 Å². The molecule has 2 unspecified atom stereocenters. The van der Waals surface area contributed by atoms with Gasteiger partial charge in [0.15, 0.2) is 0 Å². The molecule has 3 aliphatic rings. The van der Waals surface area contributed by atoms with E-state index in [1.165, 1.54) is 38.5 Å². The zero-order valence-electron chi connectivity index (χ0n) is 12.5. The maximum absolute atomic E-state index is 11.4. The molecular formula is C17H31NO. The molecule has 3 rings (SSSR count). The normalized spacial score (nSPS) is 48.2. The summed E-state index contributed by atoms with van der Waals surface area (Å²) in [4.78, 5) is 0. The van der Waals surface area contributed by atoms with Crippen LogP contribution in [0.4, 0.5) is 0 Å². The van der Waals surface area contributed by atoms with Crippen LogP contribution in [0.1, 0.15) is 71.1 Å². The summed E-state index contributed by atoms with van der Waals surface area (Å²) in [5.74, 6) is 2.55. The molecule has 3 fully saturated rings. The minimum absolute atomic E-state index is 0.0348. The molecule has 110 valence electrons. The summed E-state index contributed by atoms with van der Waals surface area (Å²) in [6.45, 7) is 3.03. The van der Waals surface area contributed by atoms with Crippen molar-refractivity contribution in [3.63, 3.8) is 0 Å². The van der Waals surface area contributed by atoms with Gasteiger partial charge in [0.25, 0.3) is 0 Å². The highest BCUT2D eigenvalue weighted by Crippen LogP contribution is 2.55. The highest BCUT2D eigenvalue weighted by atomic mass is 16.3. The number of rotatable bonds is 3. The zero-order chi connectivity index (χ0) is 13.5. The molecule has 0 bridgehead atoms. The molecule has 3 N–H and O–H groups in total. The predicted octanol–water partition coefficient (Wildman–Crippen LogP) is 3.47. The molecule has 0 radical (unpaired) electrons. The maximum Gasteiger partial charge on any atom is 0.0718 e. The molecule has 2 nitrogen and oxygen atoms in total. The average Bonchev–Trinajstić information content (AvgIpc) is 3.24. The quantitative estimate of drug-likeness (QED) is 0.820. The van der Waals surface area contributed by atoms with Crippen molar-refractivity contribution >= 4 is 0 Å². The van der Waals surface area contributed by atoms with Gasteiger partial charge in [-0.05, 0) is 62.7 Å². The minimum atomic E-state index is -0.451. The van der Waals surface area contributed by atoms with Crippen LogP contribution in [0.3, 0.4) is 0 Å². The van der Waals surface area contributed by atoms with Gasteiger partial charge in [-0.1, -0.05) is 26.2 Å². The van der Waals surface area contributed by atoms with Crippen molar-refractivity contribution in [1.29, 1.82) is 0 Å². The monoisotopic (exact) mass is 265 g/mol. The molecule has 0 aromatic carbocycles. The lowest BCUT2D eigenvalue weighted by molar-refractivity contribution is -0.138. The Kier molecular flexibility index (Phi) is 3.68. The summed E-state index contributed by atoms with van der Waals surface area (Å²) in [6, 6.07) is 0. The average molecular weight is 265 g/mol. The van der Waals surface area contributed by atoms with E-state index < -0.39 is 5.60 Å². The SMILES string of the molecule is CC1CCC(CN)(C2(O)CCCC(C3CC3)C2)CC1. The van der Waals surface area contributed by atoms with Gasteiger partial charge in [-0.25, -0.2) is 0 Å². The van der Waals surface area contributed by atoms with Crippen LogP contribution in [0.15, 0.2) is 0 Å². The van der Waals surface area contributed by atoms with Crippen LogP contribution < -0.4 is 5.73 Å². The van der Waals surface area contributed by atoms with Crippen LogP contribution >= 0.6 is 0 Å². The Morgan fingerprint density at radius 2 is 1.68 bits per heavy atom. The summed E-state index contributed by atoms with van der Waals surface area (Å²) in [5.41, 5.74) is 5.76. The van der Waals surface area contributed by atoms with Crippen LogP contribution in [-0.4, -0.2) is 17.3 Å². The fourth-order valence-corrected chi connectivity index (χ4v) is 4.92. The Morgan fingerprint density at radius 3 is 2.26 bits per heavy atom. The molecule has 3 aliphatic carbocycles. The first-order valence-corrected chi connectivity index (χ1v) is 8.51. The van der Waals surface area contributed by atoms with Gasteiger partial charge in [0, 0.05) is 12.0 Å². The molecule has 0 aromatic rings. The summed E-state index contributed by atoms with van der Waals surface area (Å²) in [6.07, 6.45) is 12.3. The van der Waals surface area contributed by atoms with Crippen molar-refractivity contribution < 1.29 is 5.11 Å². The smallest absolute Gasteiger partial charge is 0.0718 e. The minimum Gasteiger partial charge on any atom is -0.389 e. The molecule has 0 heterocycles. The summed E-state index contributed by atoms with van der Waals surface area (Å²) < 4.78 is 0. The van der Waals surface area contributed by atoms with Gasteiger partial charge in [0.1, 0.15) is 0 Å². The Morgan fingerprint density at radius 1 is 1.00 bits per heavy atom. The molecule has 0 spiro atoms. The molecule has 3 saturated carbocycles. The van der Waals surface area contributed by atoms with Crippen molar-refractivity contribution in [2.45, 2.75) is 76.7 Å². The van der Waals surface area contributed by atoms with Crippen molar-refractivity contribution in [3.05, 3.63) is 0 Å². The first-order chi connectivity index (χ1) is 9.09. The predicted molar refractivity (Wildman–Crippen MR) is 78.8 cm³/mol. The fourth-order valence-electron chi connectivity index (χ4n) is 4.92. The van der Waals surface area contributed by atoms with Crippen LogP contribution in [0, 0.1) is 23.2 Å². The van der Waals surface area contributed by atoms with Gasteiger partial charge >= 0.3 is 0 Å². The zero-order valence-corrected chi connectivity index (χ0v) is 12.5. The Labute approximate surface area is 118 Å². The third-order valence-corrected chi connectivity index (χ3v) is 6.66. The van der Waals surface area contributed by atoms with Gasteiger partial charge in [-0.15, -0.1) is 0 Å². The van der Waals surface area contributed by atoms with E-state index in [1.54, 1.807) is 0 Å². The molecule has 0 aromatic heterocycles. The number of hydrogen-bond acceptors (Lipinski definition) is 2. The Balaban J connectivity index is 1.76. The first-order valence-electron chi connectivity index (χ1n) is 8.51. The van der Waals surface area contributed by atoms with E-state index in [0.717, 1.165) is 43.4 Å². The molecule has 0 aliphatic heterocycles. The van der Waals surface area contributed by atoms with Gasteiger partial charge in [0.2, 0.25) is 0 Å². The fraction of sp³-hybridized carbons (Fsp3) is 1.00. The first kappa shape index (κ1) is 13.9. The second-order valence-corrected chi connectivity index (χ2v) is 7.89. The molecular weight excluding hydrogens is 234 g/mol. The summed E-state index contributed by atoms with van der Waals surface area (Å²) in [7, 11) is 0. The lowest BCUT2D eigenvalue weighted by Crippen LogP contribution is -2.56. The molecule has 2 heteroatoms. The molecule has 19 heavy (non-hydrogen) atoms. The maximum atomic E-state index is 11.4. The molecule has 0 amide bonds. The van der Waals surface area contributed by atoms with Gasteiger partial charge in [0.05, 0.1) is 5.60 Å².